The van der Waals surface area contributed by atoms with Crippen LogP contribution in [0.3, 0.4) is 0 Å². The van der Waals surface area contributed by atoms with Gasteiger partial charge in [0.05, 0.1) is 0 Å². The van der Waals surface area contributed by atoms with Gasteiger partial charge in [-0.3, -0.25) is 0 Å². The average Bonchev–Trinajstić information content (AvgIpc) is 2.16. The molecule has 1 aromatic carbocycles. The van der Waals surface area contributed by atoms with Crippen LogP contribution in [0, 0.1) is 0 Å². The van der Waals surface area contributed by atoms with Crippen molar-refractivity contribution in [3.8, 4) is 0 Å². The molecule has 2 amide bonds. The molecule has 0 saturated heterocycles. The van der Waals surface area contributed by atoms with Gasteiger partial charge in [-0.15, -0.1) is 0 Å². The van der Waals surface area contributed by atoms with E-state index >= 15 is 0 Å². The molecular formula is C10H13N3O. The summed E-state index contributed by atoms with van der Waals surface area (Å²) in [6.45, 7) is 1.28. The van der Waals surface area contributed by atoms with Crippen LogP contribution in [-0.4, -0.2) is 17.5 Å². The molecule has 1 aliphatic rings. The number of rotatable bonds is 0. The molecule has 0 unspecified atom stereocenters. The van der Waals surface area contributed by atoms with Crippen LogP contribution in [0.2, 0.25) is 0 Å². The number of urea groups is 1. The van der Waals surface area contributed by atoms with E-state index < -0.39 is 0 Å². The Morgan fingerprint density at radius 3 is 2.86 bits per heavy atom. The smallest absolute Gasteiger partial charge is 0.315 e. The van der Waals surface area contributed by atoms with Crippen LogP contribution >= 0.6 is 0 Å². The van der Waals surface area contributed by atoms with Crippen molar-refractivity contribution in [2.75, 3.05) is 12.3 Å². The molecule has 0 aromatic heterocycles. The van der Waals surface area contributed by atoms with Gasteiger partial charge in [0.1, 0.15) is 0 Å². The van der Waals surface area contributed by atoms with Crippen molar-refractivity contribution in [2.24, 2.45) is 5.73 Å². The molecule has 0 fully saturated rings. The van der Waals surface area contributed by atoms with Gasteiger partial charge in [-0.25, -0.2) is 4.79 Å². The van der Waals surface area contributed by atoms with E-state index in [1.54, 1.807) is 4.90 Å². The zero-order chi connectivity index (χ0) is 10.1. The van der Waals surface area contributed by atoms with Crippen molar-refractivity contribution >= 4 is 11.7 Å². The first kappa shape index (κ1) is 8.87. The SMILES string of the molecule is NC(=O)N1CCc2ccc(N)cc2C1. The number of nitrogens with zero attached hydrogens (tertiary/aromatic N) is 1. The Hall–Kier alpha value is -1.71. The second kappa shape index (κ2) is 3.21. The second-order valence-electron chi connectivity index (χ2n) is 3.54. The Morgan fingerprint density at radius 1 is 1.36 bits per heavy atom. The van der Waals surface area contributed by atoms with Crippen molar-refractivity contribution < 1.29 is 4.79 Å². The van der Waals surface area contributed by atoms with Crippen LogP contribution < -0.4 is 11.5 Å². The van der Waals surface area contributed by atoms with Crippen LogP contribution in [0.15, 0.2) is 18.2 Å². The fourth-order valence-corrected chi connectivity index (χ4v) is 1.77. The maximum absolute atomic E-state index is 11.0. The van der Waals surface area contributed by atoms with Gasteiger partial charge < -0.3 is 16.4 Å². The number of fused-ring (bicyclic) bond motifs is 1. The van der Waals surface area contributed by atoms with E-state index in [2.05, 4.69) is 0 Å². The molecule has 1 aliphatic heterocycles. The molecule has 0 atom stereocenters. The van der Waals surface area contributed by atoms with E-state index in [0.717, 1.165) is 17.7 Å². The zero-order valence-corrected chi connectivity index (χ0v) is 7.86. The molecule has 1 aromatic rings. The minimum atomic E-state index is -0.363. The largest absolute Gasteiger partial charge is 0.399 e. The van der Waals surface area contributed by atoms with Crippen molar-refractivity contribution in [1.29, 1.82) is 0 Å². The highest BCUT2D eigenvalue weighted by Gasteiger charge is 2.18. The monoisotopic (exact) mass is 191 g/mol. The molecule has 0 bridgehead atoms. The fraction of sp³-hybridized carbons (Fsp3) is 0.300. The zero-order valence-electron chi connectivity index (χ0n) is 7.86. The van der Waals surface area contributed by atoms with E-state index in [1.165, 1.54) is 5.56 Å². The fourth-order valence-electron chi connectivity index (χ4n) is 1.77. The molecule has 4 heteroatoms. The Morgan fingerprint density at radius 2 is 2.14 bits per heavy atom. The topological polar surface area (TPSA) is 72.4 Å². The van der Waals surface area contributed by atoms with Gasteiger partial charge in [-0.2, -0.15) is 0 Å². The van der Waals surface area contributed by atoms with Gasteiger partial charge in [0.2, 0.25) is 0 Å². The Balaban J connectivity index is 2.29. The first-order chi connectivity index (χ1) is 6.66. The Labute approximate surface area is 82.5 Å². The van der Waals surface area contributed by atoms with Crippen molar-refractivity contribution in [3.63, 3.8) is 0 Å². The number of amides is 2. The summed E-state index contributed by atoms with van der Waals surface area (Å²) in [7, 11) is 0. The highest BCUT2D eigenvalue weighted by atomic mass is 16.2. The number of carbonyl (C=O) groups is 1. The minimum Gasteiger partial charge on any atom is -0.399 e. The Bertz CT molecular complexity index is 376. The first-order valence-electron chi connectivity index (χ1n) is 4.58. The third kappa shape index (κ3) is 1.51. The number of nitrogens with two attached hydrogens (primary N) is 2. The molecule has 4 nitrogen and oxygen atoms in total. The predicted octanol–water partition coefficient (Wildman–Crippen LogP) is 0.706. The quantitative estimate of drug-likeness (QED) is 0.593. The molecule has 74 valence electrons. The van der Waals surface area contributed by atoms with Gasteiger partial charge in [0, 0.05) is 18.8 Å². The number of hydrogen-bond donors (Lipinski definition) is 2. The van der Waals surface area contributed by atoms with Gasteiger partial charge in [0.15, 0.2) is 0 Å². The highest BCUT2D eigenvalue weighted by molar-refractivity contribution is 5.72. The van der Waals surface area contributed by atoms with Crippen molar-refractivity contribution in [1.82, 2.24) is 4.90 Å². The summed E-state index contributed by atoms with van der Waals surface area (Å²) in [5.74, 6) is 0. The van der Waals surface area contributed by atoms with Gasteiger partial charge in [0.25, 0.3) is 0 Å². The second-order valence-corrected chi connectivity index (χ2v) is 3.54. The third-order valence-corrected chi connectivity index (χ3v) is 2.55. The lowest BCUT2D eigenvalue weighted by molar-refractivity contribution is 0.202. The maximum atomic E-state index is 11.0. The molecule has 0 spiro atoms. The number of carbonyl (C=O) groups excluding carboxylic acids is 1. The molecule has 0 saturated carbocycles. The van der Waals surface area contributed by atoms with Gasteiger partial charge in [-0.05, 0) is 29.7 Å². The standard InChI is InChI=1S/C10H13N3O/c11-9-2-1-7-3-4-13(10(12)14)6-8(7)5-9/h1-2,5H,3-4,6,11H2,(H2,12,14). The summed E-state index contributed by atoms with van der Waals surface area (Å²) in [4.78, 5) is 12.6. The van der Waals surface area contributed by atoms with E-state index in [0.29, 0.717) is 13.1 Å². The predicted molar refractivity (Wildman–Crippen MR) is 54.6 cm³/mol. The lowest BCUT2D eigenvalue weighted by atomic mass is 9.99. The summed E-state index contributed by atoms with van der Waals surface area (Å²) in [6, 6.07) is 5.45. The number of primary amides is 1. The molecule has 2 rings (SSSR count). The molecule has 0 aliphatic carbocycles. The van der Waals surface area contributed by atoms with E-state index in [9.17, 15) is 4.79 Å². The summed E-state index contributed by atoms with van der Waals surface area (Å²) in [6.07, 6.45) is 0.860. The van der Waals surface area contributed by atoms with Crippen LogP contribution in [-0.2, 0) is 13.0 Å². The van der Waals surface area contributed by atoms with E-state index in [-0.39, 0.29) is 6.03 Å². The summed E-state index contributed by atoms with van der Waals surface area (Å²) in [5, 5.41) is 0. The van der Waals surface area contributed by atoms with Crippen LogP contribution in [0.5, 0.6) is 0 Å². The molecule has 4 N–H and O–H groups in total. The normalized spacial score (nSPS) is 15.0. The maximum Gasteiger partial charge on any atom is 0.315 e. The number of hydrogen-bond acceptors (Lipinski definition) is 2. The van der Waals surface area contributed by atoms with E-state index in [1.807, 2.05) is 18.2 Å². The number of benzene rings is 1. The van der Waals surface area contributed by atoms with Gasteiger partial charge in [-0.1, -0.05) is 6.07 Å². The summed E-state index contributed by atoms with van der Waals surface area (Å²) in [5.41, 5.74) is 14.0. The first-order valence-corrected chi connectivity index (χ1v) is 4.58. The molecular weight excluding hydrogens is 178 g/mol. The summed E-state index contributed by atoms with van der Waals surface area (Å²) >= 11 is 0. The van der Waals surface area contributed by atoms with Crippen LogP contribution in [0.4, 0.5) is 10.5 Å². The highest BCUT2D eigenvalue weighted by Crippen LogP contribution is 2.20. The van der Waals surface area contributed by atoms with Crippen molar-refractivity contribution in [2.45, 2.75) is 13.0 Å². The van der Waals surface area contributed by atoms with E-state index in [4.69, 9.17) is 11.5 Å². The lowest BCUT2D eigenvalue weighted by Crippen LogP contribution is -2.39. The molecule has 0 radical (unpaired) electrons. The third-order valence-electron chi connectivity index (χ3n) is 2.55. The molecule has 1 heterocycles. The van der Waals surface area contributed by atoms with Gasteiger partial charge >= 0.3 is 6.03 Å². The van der Waals surface area contributed by atoms with Crippen LogP contribution in [0.1, 0.15) is 11.1 Å². The van der Waals surface area contributed by atoms with Crippen molar-refractivity contribution in [3.05, 3.63) is 29.3 Å². The minimum absolute atomic E-state index is 0.363. The number of nitrogen functional groups attached to an aromatic ring is 1. The molecule has 14 heavy (non-hydrogen) atoms. The van der Waals surface area contributed by atoms with Crippen LogP contribution in [0.25, 0.3) is 0 Å². The lowest BCUT2D eigenvalue weighted by Gasteiger charge is -2.27. The average molecular weight is 191 g/mol. The summed E-state index contributed by atoms with van der Waals surface area (Å²) < 4.78 is 0. The number of anilines is 1. The Kier molecular flexibility index (Phi) is 2.04.